The number of likely N-dealkylation sites (tertiary alicyclic amines) is 1. The SMILES string of the molecule is CC1CCC(O)(CN2CCC(NC3CC3)C2=O)CC1. The Kier molecular flexibility index (Phi) is 3.56. The van der Waals surface area contributed by atoms with Gasteiger partial charge >= 0.3 is 0 Å². The molecular formula is C15H26N2O2. The Labute approximate surface area is 115 Å². The van der Waals surface area contributed by atoms with Crippen LogP contribution in [0.15, 0.2) is 0 Å². The van der Waals surface area contributed by atoms with E-state index in [1.165, 1.54) is 12.8 Å². The summed E-state index contributed by atoms with van der Waals surface area (Å²) in [7, 11) is 0. The third kappa shape index (κ3) is 3.11. The van der Waals surface area contributed by atoms with E-state index in [4.69, 9.17) is 0 Å². The van der Waals surface area contributed by atoms with E-state index in [0.29, 0.717) is 12.6 Å². The molecule has 2 aliphatic carbocycles. The molecule has 0 aromatic rings. The lowest BCUT2D eigenvalue weighted by molar-refractivity contribution is -0.133. The number of rotatable bonds is 4. The Morgan fingerprint density at radius 1 is 1.26 bits per heavy atom. The first-order valence-electron chi connectivity index (χ1n) is 7.83. The van der Waals surface area contributed by atoms with Crippen LogP contribution in [0.2, 0.25) is 0 Å². The number of carbonyl (C=O) groups excluding carboxylic acids is 1. The smallest absolute Gasteiger partial charge is 0.239 e. The van der Waals surface area contributed by atoms with Crippen molar-refractivity contribution in [2.24, 2.45) is 5.92 Å². The van der Waals surface area contributed by atoms with Crippen molar-refractivity contribution in [3.63, 3.8) is 0 Å². The van der Waals surface area contributed by atoms with Crippen molar-refractivity contribution in [2.75, 3.05) is 13.1 Å². The molecule has 4 nitrogen and oxygen atoms in total. The second-order valence-electron chi connectivity index (χ2n) is 6.95. The maximum Gasteiger partial charge on any atom is 0.239 e. The molecule has 108 valence electrons. The maximum absolute atomic E-state index is 12.3. The van der Waals surface area contributed by atoms with Gasteiger partial charge in [-0.3, -0.25) is 4.79 Å². The van der Waals surface area contributed by atoms with Crippen LogP contribution >= 0.6 is 0 Å². The lowest BCUT2D eigenvalue weighted by Gasteiger charge is -2.37. The van der Waals surface area contributed by atoms with Gasteiger partial charge in [-0.05, 0) is 50.9 Å². The van der Waals surface area contributed by atoms with Crippen LogP contribution in [0.5, 0.6) is 0 Å². The number of nitrogens with one attached hydrogen (secondary N) is 1. The van der Waals surface area contributed by atoms with Gasteiger partial charge in [0, 0.05) is 19.1 Å². The number of hydrogen-bond acceptors (Lipinski definition) is 3. The van der Waals surface area contributed by atoms with Crippen molar-refractivity contribution in [1.29, 1.82) is 0 Å². The van der Waals surface area contributed by atoms with E-state index in [9.17, 15) is 9.90 Å². The van der Waals surface area contributed by atoms with Gasteiger partial charge in [-0.15, -0.1) is 0 Å². The molecule has 3 aliphatic rings. The minimum atomic E-state index is -0.628. The summed E-state index contributed by atoms with van der Waals surface area (Å²) in [6, 6.07) is 0.589. The van der Waals surface area contributed by atoms with Crippen molar-refractivity contribution in [1.82, 2.24) is 10.2 Å². The van der Waals surface area contributed by atoms with Crippen LogP contribution in [-0.2, 0) is 4.79 Å². The molecule has 3 fully saturated rings. The normalized spacial score (nSPS) is 39.9. The number of β-amino-alcohol motifs (C(OH)–C–C–N with tert-alkyl or cyclic N) is 1. The Morgan fingerprint density at radius 2 is 1.95 bits per heavy atom. The summed E-state index contributed by atoms with van der Waals surface area (Å²) >= 11 is 0. The highest BCUT2D eigenvalue weighted by atomic mass is 16.3. The zero-order valence-corrected chi connectivity index (χ0v) is 11.9. The second kappa shape index (κ2) is 5.06. The summed E-state index contributed by atoms with van der Waals surface area (Å²) in [6.45, 7) is 3.60. The van der Waals surface area contributed by atoms with E-state index in [-0.39, 0.29) is 11.9 Å². The zero-order valence-electron chi connectivity index (χ0n) is 11.9. The topological polar surface area (TPSA) is 52.6 Å². The van der Waals surface area contributed by atoms with Gasteiger partial charge in [-0.25, -0.2) is 0 Å². The van der Waals surface area contributed by atoms with E-state index in [1.54, 1.807) is 0 Å². The van der Waals surface area contributed by atoms with Crippen LogP contribution in [0.3, 0.4) is 0 Å². The summed E-state index contributed by atoms with van der Waals surface area (Å²) in [6.07, 6.45) is 7.20. The molecule has 2 N–H and O–H groups in total. The lowest BCUT2D eigenvalue weighted by atomic mass is 9.79. The minimum Gasteiger partial charge on any atom is -0.388 e. The number of amides is 1. The third-order valence-corrected chi connectivity index (χ3v) is 5.00. The van der Waals surface area contributed by atoms with Gasteiger partial charge in [0.15, 0.2) is 0 Å². The van der Waals surface area contributed by atoms with Crippen molar-refractivity contribution in [2.45, 2.75) is 69.6 Å². The predicted molar refractivity (Wildman–Crippen MR) is 73.7 cm³/mol. The Hall–Kier alpha value is -0.610. The summed E-state index contributed by atoms with van der Waals surface area (Å²) in [5.41, 5.74) is -0.628. The van der Waals surface area contributed by atoms with Gasteiger partial charge in [-0.1, -0.05) is 6.92 Å². The summed E-state index contributed by atoms with van der Waals surface area (Å²) in [4.78, 5) is 14.2. The van der Waals surface area contributed by atoms with Crippen molar-refractivity contribution >= 4 is 5.91 Å². The van der Waals surface area contributed by atoms with Crippen molar-refractivity contribution in [3.8, 4) is 0 Å². The molecule has 19 heavy (non-hydrogen) atoms. The first-order chi connectivity index (χ1) is 9.06. The molecule has 0 aromatic carbocycles. The molecule has 4 heteroatoms. The van der Waals surface area contributed by atoms with E-state index >= 15 is 0 Å². The van der Waals surface area contributed by atoms with Gasteiger partial charge in [0.05, 0.1) is 11.6 Å². The first kappa shape index (κ1) is 13.4. The minimum absolute atomic E-state index is 0.0126. The third-order valence-electron chi connectivity index (χ3n) is 5.00. The van der Waals surface area contributed by atoms with Gasteiger partial charge in [0.25, 0.3) is 0 Å². The first-order valence-corrected chi connectivity index (χ1v) is 7.83. The second-order valence-corrected chi connectivity index (χ2v) is 6.95. The average Bonchev–Trinajstić information content (AvgIpc) is 3.14. The molecule has 0 bridgehead atoms. The highest BCUT2D eigenvalue weighted by molar-refractivity contribution is 5.84. The van der Waals surface area contributed by atoms with Gasteiger partial charge < -0.3 is 15.3 Å². The van der Waals surface area contributed by atoms with Crippen LogP contribution in [0.1, 0.15) is 51.9 Å². The largest absolute Gasteiger partial charge is 0.388 e. The number of nitrogens with zero attached hydrogens (tertiary/aromatic N) is 1. The molecular weight excluding hydrogens is 240 g/mol. The van der Waals surface area contributed by atoms with Gasteiger partial charge in [0.2, 0.25) is 5.91 Å². The Bertz CT molecular complexity index is 346. The number of aliphatic hydroxyl groups is 1. The fourth-order valence-electron chi connectivity index (χ4n) is 3.40. The highest BCUT2D eigenvalue weighted by Gasteiger charge is 2.40. The molecule has 1 saturated heterocycles. The van der Waals surface area contributed by atoms with E-state index in [2.05, 4.69) is 12.2 Å². The van der Waals surface area contributed by atoms with E-state index in [0.717, 1.165) is 44.6 Å². The molecule has 1 aliphatic heterocycles. The fraction of sp³-hybridized carbons (Fsp3) is 0.933. The zero-order chi connectivity index (χ0) is 13.5. The van der Waals surface area contributed by atoms with Gasteiger partial charge in [-0.2, -0.15) is 0 Å². The van der Waals surface area contributed by atoms with E-state index in [1.807, 2.05) is 4.90 Å². The van der Waals surface area contributed by atoms with Crippen molar-refractivity contribution < 1.29 is 9.90 Å². The fourth-order valence-corrected chi connectivity index (χ4v) is 3.40. The Balaban J connectivity index is 1.53. The van der Waals surface area contributed by atoms with E-state index < -0.39 is 5.60 Å². The summed E-state index contributed by atoms with van der Waals surface area (Å²) in [5.74, 6) is 0.929. The van der Waals surface area contributed by atoms with Crippen LogP contribution in [-0.4, -0.2) is 46.7 Å². The molecule has 0 spiro atoms. The summed E-state index contributed by atoms with van der Waals surface area (Å²) in [5, 5.41) is 14.0. The molecule has 1 unspecified atom stereocenters. The monoisotopic (exact) mass is 266 g/mol. The number of hydrogen-bond donors (Lipinski definition) is 2. The lowest BCUT2D eigenvalue weighted by Crippen LogP contribution is -2.48. The maximum atomic E-state index is 12.3. The number of carbonyl (C=O) groups is 1. The molecule has 1 heterocycles. The van der Waals surface area contributed by atoms with Crippen molar-refractivity contribution in [3.05, 3.63) is 0 Å². The average molecular weight is 266 g/mol. The molecule has 1 atom stereocenters. The molecule has 1 amide bonds. The molecule has 3 rings (SSSR count). The Morgan fingerprint density at radius 3 is 2.58 bits per heavy atom. The van der Waals surface area contributed by atoms with Gasteiger partial charge in [0.1, 0.15) is 0 Å². The standard InChI is InChI=1S/C15H26N2O2/c1-11-4-7-15(19,8-5-11)10-17-9-6-13(14(17)18)16-12-2-3-12/h11-13,16,19H,2-10H2,1H3. The quantitative estimate of drug-likeness (QED) is 0.806. The summed E-state index contributed by atoms with van der Waals surface area (Å²) < 4.78 is 0. The molecule has 0 aromatic heterocycles. The van der Waals surface area contributed by atoms with Crippen LogP contribution in [0.4, 0.5) is 0 Å². The highest BCUT2D eigenvalue weighted by Crippen LogP contribution is 2.33. The van der Waals surface area contributed by atoms with Crippen LogP contribution in [0.25, 0.3) is 0 Å². The molecule has 0 radical (unpaired) electrons. The predicted octanol–water partition coefficient (Wildman–Crippen LogP) is 1.28. The van der Waals surface area contributed by atoms with Crippen LogP contribution < -0.4 is 5.32 Å². The molecule has 2 saturated carbocycles. The van der Waals surface area contributed by atoms with Crippen LogP contribution in [0, 0.1) is 5.92 Å².